The van der Waals surface area contributed by atoms with E-state index in [9.17, 15) is 9.90 Å². The molecule has 4 aliphatic rings. The Balaban J connectivity index is 1.32. The van der Waals surface area contributed by atoms with Gasteiger partial charge in [-0.25, -0.2) is 4.79 Å². The minimum atomic E-state index is -0.727. The van der Waals surface area contributed by atoms with E-state index >= 15 is 0 Å². The summed E-state index contributed by atoms with van der Waals surface area (Å²) in [4.78, 5) is 15.7. The molecule has 136 valence electrons. The maximum absolute atomic E-state index is 11.3. The van der Waals surface area contributed by atoms with Gasteiger partial charge < -0.3 is 20.2 Å². The van der Waals surface area contributed by atoms with Gasteiger partial charge >= 0.3 is 6.09 Å². The molecule has 0 bridgehead atoms. The van der Waals surface area contributed by atoms with Crippen LogP contribution >= 0.6 is 0 Å². The molecule has 4 fully saturated rings. The van der Waals surface area contributed by atoms with Crippen LogP contribution in [0.1, 0.15) is 51.9 Å². The van der Waals surface area contributed by atoms with Crippen LogP contribution in [0.15, 0.2) is 0 Å². The maximum atomic E-state index is 11.3. The number of hydrogen-bond donors (Lipinski definition) is 2. The predicted molar refractivity (Wildman–Crippen MR) is 94.2 cm³/mol. The molecule has 1 saturated carbocycles. The summed E-state index contributed by atoms with van der Waals surface area (Å²) >= 11 is 0. The topological polar surface area (TPSA) is 55.8 Å². The first-order chi connectivity index (χ1) is 11.6. The lowest BCUT2D eigenvalue weighted by molar-refractivity contribution is -0.0810. The second kappa shape index (κ2) is 6.49. The van der Waals surface area contributed by atoms with Gasteiger partial charge in [-0.2, -0.15) is 0 Å². The van der Waals surface area contributed by atoms with Crippen LogP contribution in [0.25, 0.3) is 0 Å². The summed E-state index contributed by atoms with van der Waals surface area (Å²) in [5.74, 6) is 1.58. The quantitative estimate of drug-likeness (QED) is 0.832. The van der Waals surface area contributed by atoms with Crippen LogP contribution in [0.5, 0.6) is 0 Å². The molecule has 4 rings (SSSR count). The number of nitrogens with one attached hydrogen (secondary N) is 1. The highest BCUT2D eigenvalue weighted by atomic mass is 16.4. The highest BCUT2D eigenvalue weighted by molar-refractivity contribution is 5.65. The van der Waals surface area contributed by atoms with Crippen molar-refractivity contribution in [2.75, 3.05) is 32.7 Å². The predicted octanol–water partition coefficient (Wildman–Crippen LogP) is 2.62. The summed E-state index contributed by atoms with van der Waals surface area (Å²) in [7, 11) is 0. The van der Waals surface area contributed by atoms with E-state index in [1.165, 1.54) is 58.2 Å². The van der Waals surface area contributed by atoms with Gasteiger partial charge in [-0.1, -0.05) is 13.3 Å². The zero-order chi connectivity index (χ0) is 16.7. The Kier molecular flexibility index (Phi) is 4.50. The number of nitrogens with zero attached hydrogens (tertiary/aromatic N) is 2. The van der Waals surface area contributed by atoms with Crippen molar-refractivity contribution in [3.63, 3.8) is 0 Å². The van der Waals surface area contributed by atoms with E-state index in [0.29, 0.717) is 17.4 Å². The first-order valence-corrected chi connectivity index (χ1v) is 10.1. The van der Waals surface area contributed by atoms with Crippen LogP contribution in [-0.4, -0.2) is 65.8 Å². The Morgan fingerprint density at radius 1 is 1.25 bits per heavy atom. The molecule has 0 radical (unpaired) electrons. The smallest absolute Gasteiger partial charge is 0.407 e. The van der Waals surface area contributed by atoms with Gasteiger partial charge in [0.25, 0.3) is 0 Å². The van der Waals surface area contributed by atoms with Crippen LogP contribution in [0.3, 0.4) is 0 Å². The number of carboxylic acid groups (broad SMARTS) is 1. The van der Waals surface area contributed by atoms with Crippen molar-refractivity contribution in [1.82, 2.24) is 15.1 Å². The number of amides is 1. The first kappa shape index (κ1) is 16.6. The Morgan fingerprint density at radius 3 is 2.62 bits per heavy atom. The molecular formula is C19H33N3O2. The second-order valence-corrected chi connectivity index (χ2v) is 8.68. The summed E-state index contributed by atoms with van der Waals surface area (Å²) in [6.07, 6.45) is 8.20. The third-order valence-electron chi connectivity index (χ3n) is 7.67. The lowest BCUT2D eigenvalue weighted by atomic mass is 9.54. The molecular weight excluding hydrogens is 302 g/mol. The van der Waals surface area contributed by atoms with Crippen LogP contribution in [-0.2, 0) is 0 Å². The van der Waals surface area contributed by atoms with Gasteiger partial charge in [0, 0.05) is 25.2 Å². The number of likely N-dealkylation sites (tertiary alicyclic amines) is 2. The Morgan fingerprint density at radius 2 is 2.04 bits per heavy atom. The van der Waals surface area contributed by atoms with E-state index in [1.807, 2.05) is 0 Å². The third-order valence-corrected chi connectivity index (χ3v) is 7.67. The summed E-state index contributed by atoms with van der Waals surface area (Å²) in [5, 5.41) is 13.0. The van der Waals surface area contributed by atoms with E-state index < -0.39 is 6.09 Å². The van der Waals surface area contributed by atoms with Crippen molar-refractivity contribution in [3.8, 4) is 0 Å². The van der Waals surface area contributed by atoms with Gasteiger partial charge in [0.05, 0.1) is 0 Å². The minimum Gasteiger partial charge on any atom is -0.465 e. The molecule has 3 saturated heterocycles. The van der Waals surface area contributed by atoms with E-state index in [2.05, 4.69) is 17.1 Å². The molecule has 1 aliphatic carbocycles. The van der Waals surface area contributed by atoms with Crippen LogP contribution < -0.4 is 5.32 Å². The highest BCUT2D eigenvalue weighted by Crippen LogP contribution is 2.56. The zero-order valence-electron chi connectivity index (χ0n) is 15.0. The molecule has 0 aromatic carbocycles. The molecule has 0 aromatic heterocycles. The maximum Gasteiger partial charge on any atom is 0.407 e. The number of rotatable bonds is 3. The number of carbonyl (C=O) groups is 1. The number of piperidine rings is 1. The van der Waals surface area contributed by atoms with Gasteiger partial charge in [-0.3, -0.25) is 0 Å². The average molecular weight is 335 g/mol. The van der Waals surface area contributed by atoms with Gasteiger partial charge in [0.1, 0.15) is 0 Å². The molecule has 4 atom stereocenters. The van der Waals surface area contributed by atoms with Crippen LogP contribution in [0.2, 0.25) is 0 Å². The van der Waals surface area contributed by atoms with E-state index in [1.54, 1.807) is 4.90 Å². The zero-order valence-corrected chi connectivity index (χ0v) is 15.0. The number of hydrogen-bond acceptors (Lipinski definition) is 3. The fourth-order valence-electron chi connectivity index (χ4n) is 6.34. The minimum absolute atomic E-state index is 0.293. The molecule has 1 amide bonds. The van der Waals surface area contributed by atoms with Crippen molar-refractivity contribution in [2.45, 2.75) is 64.0 Å². The molecule has 0 aromatic rings. The first-order valence-electron chi connectivity index (χ1n) is 10.1. The van der Waals surface area contributed by atoms with E-state index in [0.717, 1.165) is 31.5 Å². The molecule has 5 nitrogen and oxygen atoms in total. The fraction of sp³-hybridized carbons (Fsp3) is 0.947. The van der Waals surface area contributed by atoms with Gasteiger partial charge in [-0.05, 0) is 75.4 Å². The summed E-state index contributed by atoms with van der Waals surface area (Å²) in [6, 6.07) is 1.49. The summed E-state index contributed by atoms with van der Waals surface area (Å²) in [5.41, 5.74) is 0.293. The summed E-state index contributed by atoms with van der Waals surface area (Å²) in [6.45, 7) is 7.55. The monoisotopic (exact) mass is 335 g/mol. The SMILES string of the molecule is CCC1C(N2CCC([C@@H]3CCCN3)CC2)CC12CCN(C(=O)O)C2. The Hall–Kier alpha value is -0.810. The lowest BCUT2D eigenvalue weighted by Gasteiger charge is -2.58. The van der Waals surface area contributed by atoms with E-state index in [4.69, 9.17) is 0 Å². The summed E-state index contributed by atoms with van der Waals surface area (Å²) < 4.78 is 0. The van der Waals surface area contributed by atoms with Crippen LogP contribution in [0, 0.1) is 17.3 Å². The second-order valence-electron chi connectivity index (χ2n) is 8.68. The molecule has 3 aliphatic heterocycles. The van der Waals surface area contributed by atoms with Crippen molar-refractivity contribution in [1.29, 1.82) is 0 Å². The Labute approximate surface area is 145 Å². The standard InChI is InChI=1S/C19H33N3O2/c1-2-15-17(12-19(15)7-11-22(13-19)18(23)24)21-9-5-14(6-10-21)16-4-3-8-20-16/h14-17,20H,2-13H2,1H3,(H,23,24)/t15?,16-,17?,19?/m0/s1. The molecule has 5 heteroatoms. The van der Waals surface area contributed by atoms with Crippen molar-refractivity contribution in [3.05, 3.63) is 0 Å². The molecule has 3 heterocycles. The molecule has 1 spiro atoms. The van der Waals surface area contributed by atoms with Crippen molar-refractivity contribution < 1.29 is 9.90 Å². The lowest BCUT2D eigenvalue weighted by Crippen LogP contribution is -2.61. The van der Waals surface area contributed by atoms with Crippen LogP contribution in [0.4, 0.5) is 4.79 Å². The van der Waals surface area contributed by atoms with Crippen molar-refractivity contribution >= 4 is 6.09 Å². The van der Waals surface area contributed by atoms with E-state index in [-0.39, 0.29) is 0 Å². The van der Waals surface area contributed by atoms with Crippen molar-refractivity contribution in [2.24, 2.45) is 17.3 Å². The Bertz CT molecular complexity index is 471. The normalized spacial score (nSPS) is 41.0. The van der Waals surface area contributed by atoms with Gasteiger partial charge in [-0.15, -0.1) is 0 Å². The molecule has 3 unspecified atom stereocenters. The highest BCUT2D eigenvalue weighted by Gasteiger charge is 2.58. The third kappa shape index (κ3) is 2.74. The molecule has 2 N–H and O–H groups in total. The molecule has 24 heavy (non-hydrogen) atoms. The average Bonchev–Trinajstić information content (AvgIpc) is 3.24. The largest absolute Gasteiger partial charge is 0.465 e. The van der Waals surface area contributed by atoms with Gasteiger partial charge in [0.15, 0.2) is 0 Å². The fourth-order valence-corrected chi connectivity index (χ4v) is 6.34. The van der Waals surface area contributed by atoms with Gasteiger partial charge in [0.2, 0.25) is 0 Å².